The van der Waals surface area contributed by atoms with Gasteiger partial charge < -0.3 is 14.9 Å². The number of nitrogens with zero attached hydrogens (tertiary/aromatic N) is 1. The van der Waals surface area contributed by atoms with Gasteiger partial charge in [-0.15, -0.1) is 11.3 Å². The second-order valence-electron chi connectivity index (χ2n) is 4.32. The van der Waals surface area contributed by atoms with Crippen molar-refractivity contribution in [1.29, 1.82) is 0 Å². The Morgan fingerprint density at radius 3 is 3.19 bits per heavy atom. The first kappa shape index (κ1) is 16.1. The summed E-state index contributed by atoms with van der Waals surface area (Å²) in [4.78, 5) is 16.8. The van der Waals surface area contributed by atoms with Crippen molar-refractivity contribution in [2.24, 2.45) is 5.73 Å². The Kier molecular flexibility index (Phi) is 6.28. The molecule has 0 aromatic carbocycles. The van der Waals surface area contributed by atoms with Crippen LogP contribution < -0.4 is 5.73 Å². The van der Waals surface area contributed by atoms with Crippen molar-refractivity contribution < 1.29 is 13.9 Å². The van der Waals surface area contributed by atoms with Gasteiger partial charge >= 0.3 is 5.97 Å². The lowest BCUT2D eigenvalue weighted by atomic mass is 10.2. The first-order valence-corrected chi connectivity index (χ1v) is 8.72. The first-order chi connectivity index (χ1) is 10.2. The van der Waals surface area contributed by atoms with Gasteiger partial charge in [0.25, 0.3) is 0 Å². The summed E-state index contributed by atoms with van der Waals surface area (Å²) in [5.41, 5.74) is 6.63. The maximum atomic E-state index is 11.4. The van der Waals surface area contributed by atoms with E-state index in [9.17, 15) is 4.79 Å². The second kappa shape index (κ2) is 8.21. The molecule has 0 aliphatic carbocycles. The summed E-state index contributed by atoms with van der Waals surface area (Å²) in [7, 11) is 0. The smallest absolute Gasteiger partial charge is 0.322 e. The number of rotatable bonds is 8. The fourth-order valence-corrected chi connectivity index (χ4v) is 3.20. The predicted molar refractivity (Wildman–Crippen MR) is 85.2 cm³/mol. The Morgan fingerprint density at radius 2 is 2.48 bits per heavy atom. The van der Waals surface area contributed by atoms with Crippen LogP contribution in [0.4, 0.5) is 0 Å². The van der Waals surface area contributed by atoms with E-state index in [0.29, 0.717) is 18.9 Å². The molecule has 0 saturated carbocycles. The van der Waals surface area contributed by atoms with Gasteiger partial charge in [-0.05, 0) is 30.5 Å². The molecule has 0 bridgehead atoms. The van der Waals surface area contributed by atoms with Crippen molar-refractivity contribution in [2.75, 3.05) is 12.4 Å². The summed E-state index contributed by atoms with van der Waals surface area (Å²) >= 11 is 3.27. The quantitative estimate of drug-likeness (QED) is 0.593. The lowest BCUT2D eigenvalue weighted by Gasteiger charge is -2.09. The Balaban J connectivity index is 1.71. The van der Waals surface area contributed by atoms with E-state index in [2.05, 4.69) is 4.98 Å². The van der Waals surface area contributed by atoms with Crippen molar-refractivity contribution in [3.63, 3.8) is 0 Å². The maximum Gasteiger partial charge on any atom is 0.322 e. The van der Waals surface area contributed by atoms with E-state index in [1.54, 1.807) is 36.3 Å². The minimum Gasteiger partial charge on any atom is -0.465 e. The van der Waals surface area contributed by atoms with Gasteiger partial charge in [-0.1, -0.05) is 6.07 Å². The van der Waals surface area contributed by atoms with Crippen molar-refractivity contribution >= 4 is 29.1 Å². The Bertz CT molecular complexity index is 554. The van der Waals surface area contributed by atoms with E-state index in [4.69, 9.17) is 14.9 Å². The summed E-state index contributed by atoms with van der Waals surface area (Å²) < 4.78 is 10.3. The number of hydrogen-bond acceptors (Lipinski definition) is 7. The minimum atomic E-state index is -0.545. The van der Waals surface area contributed by atoms with Crippen LogP contribution in [0.25, 0.3) is 10.8 Å². The number of nitrogens with two attached hydrogens (primary N) is 1. The molecule has 0 aliphatic heterocycles. The highest BCUT2D eigenvalue weighted by atomic mass is 32.2. The van der Waals surface area contributed by atoms with E-state index in [-0.39, 0.29) is 5.97 Å². The zero-order valence-corrected chi connectivity index (χ0v) is 13.4. The molecule has 5 nitrogen and oxygen atoms in total. The zero-order valence-electron chi connectivity index (χ0n) is 11.8. The molecule has 0 spiro atoms. The average molecular weight is 326 g/mol. The Morgan fingerprint density at radius 1 is 1.62 bits per heavy atom. The first-order valence-electron chi connectivity index (χ1n) is 6.69. The molecule has 1 atom stereocenters. The molecule has 0 fully saturated rings. The number of aromatic nitrogens is 1. The molecule has 0 radical (unpaired) electrons. The van der Waals surface area contributed by atoms with Gasteiger partial charge in [0.1, 0.15) is 12.3 Å². The number of thioether (sulfide) groups is 1. The average Bonchev–Trinajstić information content (AvgIpc) is 3.14. The van der Waals surface area contributed by atoms with Gasteiger partial charge in [0, 0.05) is 5.75 Å². The molecule has 0 amide bonds. The Hall–Kier alpha value is -1.31. The molecular weight excluding hydrogens is 308 g/mol. The number of carbonyl (C=O) groups is 1. The maximum absolute atomic E-state index is 11.4. The molecule has 2 aromatic rings. The van der Waals surface area contributed by atoms with Crippen LogP contribution in [0, 0.1) is 0 Å². The number of esters is 1. The minimum absolute atomic E-state index is 0.334. The highest BCUT2D eigenvalue weighted by Crippen LogP contribution is 2.25. The molecule has 0 saturated heterocycles. The third-order valence-corrected chi connectivity index (χ3v) is 4.58. The molecule has 2 N–H and O–H groups in total. The van der Waals surface area contributed by atoms with Crippen molar-refractivity contribution in [2.45, 2.75) is 25.1 Å². The highest BCUT2D eigenvalue weighted by molar-refractivity contribution is 7.98. The van der Waals surface area contributed by atoms with Crippen molar-refractivity contribution in [3.8, 4) is 10.8 Å². The third kappa shape index (κ3) is 4.87. The lowest BCUT2D eigenvalue weighted by Crippen LogP contribution is -2.32. The van der Waals surface area contributed by atoms with Crippen LogP contribution in [0.3, 0.4) is 0 Å². The van der Waals surface area contributed by atoms with Gasteiger partial charge in [-0.3, -0.25) is 4.79 Å². The standard InChI is InChI=1S/C14H18N2O3S2/c1-2-18-14(17)11(15)5-7-20-9-10-8-19-13(16-10)12-4-3-6-21-12/h3-4,6,8,11H,2,5,7,9,15H2,1H3. The predicted octanol–water partition coefficient (Wildman–Crippen LogP) is 2.92. The normalized spacial score (nSPS) is 12.3. The number of ether oxygens (including phenoxy) is 1. The Labute approximate surface area is 131 Å². The molecule has 2 rings (SSSR count). The number of carbonyl (C=O) groups excluding carboxylic acids is 1. The molecule has 114 valence electrons. The van der Waals surface area contributed by atoms with Crippen LogP contribution in [-0.2, 0) is 15.3 Å². The molecule has 2 heterocycles. The lowest BCUT2D eigenvalue weighted by molar-refractivity contribution is -0.144. The fraction of sp³-hybridized carbons (Fsp3) is 0.429. The van der Waals surface area contributed by atoms with E-state index < -0.39 is 6.04 Å². The van der Waals surface area contributed by atoms with E-state index >= 15 is 0 Å². The van der Waals surface area contributed by atoms with Crippen LogP contribution in [0.5, 0.6) is 0 Å². The van der Waals surface area contributed by atoms with E-state index in [0.717, 1.165) is 22.1 Å². The summed E-state index contributed by atoms with van der Waals surface area (Å²) in [6.45, 7) is 2.14. The molecule has 2 aromatic heterocycles. The van der Waals surface area contributed by atoms with Gasteiger partial charge in [-0.25, -0.2) is 4.98 Å². The number of thiophene rings is 1. The van der Waals surface area contributed by atoms with Crippen molar-refractivity contribution in [3.05, 3.63) is 29.5 Å². The fourth-order valence-electron chi connectivity index (χ4n) is 1.64. The van der Waals surface area contributed by atoms with Crippen LogP contribution in [0.1, 0.15) is 19.0 Å². The van der Waals surface area contributed by atoms with E-state index in [1.807, 2.05) is 17.5 Å². The zero-order chi connectivity index (χ0) is 15.1. The van der Waals surface area contributed by atoms with Crippen molar-refractivity contribution in [1.82, 2.24) is 4.98 Å². The van der Waals surface area contributed by atoms with E-state index in [1.165, 1.54) is 0 Å². The molecule has 7 heteroatoms. The summed E-state index contributed by atoms with van der Waals surface area (Å²) in [5.74, 6) is 1.84. The highest BCUT2D eigenvalue weighted by Gasteiger charge is 2.14. The van der Waals surface area contributed by atoms with Gasteiger partial charge in [0.05, 0.1) is 17.2 Å². The number of hydrogen-bond donors (Lipinski definition) is 1. The molecule has 1 unspecified atom stereocenters. The number of oxazole rings is 1. The van der Waals surface area contributed by atoms with Crippen LogP contribution in [0.2, 0.25) is 0 Å². The molecule has 21 heavy (non-hydrogen) atoms. The monoisotopic (exact) mass is 326 g/mol. The molecular formula is C14H18N2O3S2. The summed E-state index contributed by atoms with van der Waals surface area (Å²) in [6, 6.07) is 3.40. The molecule has 0 aliphatic rings. The second-order valence-corrected chi connectivity index (χ2v) is 6.37. The van der Waals surface area contributed by atoms with Crippen LogP contribution >= 0.6 is 23.1 Å². The third-order valence-electron chi connectivity index (χ3n) is 2.70. The largest absolute Gasteiger partial charge is 0.465 e. The summed E-state index contributed by atoms with van der Waals surface area (Å²) in [6.07, 6.45) is 2.27. The van der Waals surface area contributed by atoms with Crippen LogP contribution in [0.15, 0.2) is 28.2 Å². The SMILES string of the molecule is CCOC(=O)C(N)CCSCc1coc(-c2cccs2)n1. The van der Waals surface area contributed by atoms with Gasteiger partial charge in [0.15, 0.2) is 0 Å². The summed E-state index contributed by atoms with van der Waals surface area (Å²) in [5, 5.41) is 1.99. The topological polar surface area (TPSA) is 78.4 Å². The van der Waals surface area contributed by atoms with Gasteiger partial charge in [-0.2, -0.15) is 11.8 Å². The van der Waals surface area contributed by atoms with Gasteiger partial charge in [0.2, 0.25) is 5.89 Å². The van der Waals surface area contributed by atoms with Crippen LogP contribution in [-0.4, -0.2) is 29.4 Å².